The Morgan fingerprint density at radius 1 is 1.06 bits per heavy atom. The van der Waals surface area contributed by atoms with Crippen LogP contribution in [0.1, 0.15) is 90.7 Å². The van der Waals surface area contributed by atoms with Crippen molar-refractivity contribution in [2.24, 2.45) is 0 Å². The Morgan fingerprint density at radius 3 is 2.50 bits per heavy atom. The van der Waals surface area contributed by atoms with Crippen LogP contribution in [-0.4, -0.2) is 72.0 Å². The minimum Gasteiger partial charge on any atom is -0.507 e. The Bertz CT molecular complexity index is 1870. The summed E-state index contributed by atoms with van der Waals surface area (Å²) in [5.41, 5.74) is 0.400. The first-order valence-corrected chi connectivity index (χ1v) is 17.0. The van der Waals surface area contributed by atoms with Gasteiger partial charge < -0.3 is 43.4 Å². The Morgan fingerprint density at radius 2 is 1.81 bits per heavy atom. The van der Waals surface area contributed by atoms with Gasteiger partial charge in [0.1, 0.15) is 22.8 Å². The number of phenols is 2. The minimum atomic E-state index is -1.03. The molecule has 0 bridgehead atoms. The maximum atomic E-state index is 13.7. The first kappa shape index (κ1) is 37.5. The standard InChI is InChI=1S/C38H43N3O11/c1-22-10-8-13-25(42)12-7-5-6-11-23-18-27(43)34(35(45)33(23)38(46)51-22)26(24-19-29(47-2)36(49-4)30(20-24)48-3)21-31(44)39-16-15-32-40-37(41-52-32)28-14-9-17-50-28/h6,9,11,14,17-20,22,26,43,45H,5,7-8,10,12-13,15-16,21H2,1-4H3,(H,39,44)/t22-,26?/m0/s1. The molecule has 0 aliphatic carbocycles. The van der Waals surface area contributed by atoms with Crippen LogP contribution in [0.2, 0.25) is 0 Å². The van der Waals surface area contributed by atoms with Crippen LogP contribution in [0, 0.1) is 0 Å². The summed E-state index contributed by atoms with van der Waals surface area (Å²) in [7, 11) is 4.34. The summed E-state index contributed by atoms with van der Waals surface area (Å²) >= 11 is 0. The smallest absolute Gasteiger partial charge is 0.342 e. The van der Waals surface area contributed by atoms with Gasteiger partial charge in [-0.25, -0.2) is 4.79 Å². The topological polar surface area (TPSA) is 193 Å². The van der Waals surface area contributed by atoms with E-state index in [1.165, 1.54) is 33.7 Å². The van der Waals surface area contributed by atoms with Crippen molar-refractivity contribution in [2.45, 2.75) is 70.3 Å². The fourth-order valence-corrected chi connectivity index (χ4v) is 6.14. The largest absolute Gasteiger partial charge is 0.507 e. The van der Waals surface area contributed by atoms with Crippen molar-refractivity contribution in [1.29, 1.82) is 0 Å². The molecule has 4 aromatic rings. The molecule has 0 radical (unpaired) electrons. The second kappa shape index (κ2) is 17.4. The molecule has 1 unspecified atom stereocenters. The van der Waals surface area contributed by atoms with Gasteiger partial charge in [0.15, 0.2) is 17.3 Å². The molecule has 14 heteroatoms. The predicted molar refractivity (Wildman–Crippen MR) is 188 cm³/mol. The van der Waals surface area contributed by atoms with Gasteiger partial charge in [-0.3, -0.25) is 9.59 Å². The van der Waals surface area contributed by atoms with Crippen LogP contribution in [0.25, 0.3) is 17.7 Å². The average Bonchev–Trinajstić information content (AvgIpc) is 3.83. The molecular formula is C38H43N3O11. The molecular weight excluding hydrogens is 674 g/mol. The molecule has 0 saturated heterocycles. The van der Waals surface area contributed by atoms with Crippen molar-refractivity contribution < 1.29 is 52.5 Å². The zero-order valence-electron chi connectivity index (χ0n) is 29.6. The normalized spacial score (nSPS) is 16.0. The van der Waals surface area contributed by atoms with Crippen molar-refractivity contribution >= 4 is 23.7 Å². The Kier molecular flexibility index (Phi) is 12.6. The third kappa shape index (κ3) is 8.92. The van der Waals surface area contributed by atoms with Gasteiger partial charge in [0.25, 0.3) is 0 Å². The molecule has 1 aliphatic heterocycles. The van der Waals surface area contributed by atoms with Gasteiger partial charge in [-0.2, -0.15) is 4.98 Å². The van der Waals surface area contributed by atoms with Crippen molar-refractivity contribution in [3.8, 4) is 40.3 Å². The van der Waals surface area contributed by atoms with E-state index in [9.17, 15) is 24.6 Å². The number of nitrogens with one attached hydrogen (secondary N) is 1. The lowest BCUT2D eigenvalue weighted by Gasteiger charge is -2.24. The van der Waals surface area contributed by atoms with Crippen LogP contribution in [0.4, 0.5) is 0 Å². The van der Waals surface area contributed by atoms with E-state index in [0.29, 0.717) is 55.6 Å². The summed E-state index contributed by atoms with van der Waals surface area (Å²) in [6, 6.07) is 7.98. The van der Waals surface area contributed by atoms with E-state index in [2.05, 4.69) is 15.5 Å². The highest BCUT2D eigenvalue weighted by Crippen LogP contribution is 2.47. The Hall–Kier alpha value is -5.79. The minimum absolute atomic E-state index is 0.0760. The number of ether oxygens (including phenoxy) is 4. The third-order valence-corrected chi connectivity index (χ3v) is 8.75. The monoisotopic (exact) mass is 717 g/mol. The maximum Gasteiger partial charge on any atom is 0.342 e. The summed E-state index contributed by atoms with van der Waals surface area (Å²) < 4.78 is 33.0. The number of phenolic OH excluding ortho intramolecular Hbond substituents is 2. The lowest BCUT2D eigenvalue weighted by molar-refractivity contribution is -0.121. The van der Waals surface area contributed by atoms with E-state index in [1.54, 1.807) is 43.3 Å². The number of cyclic esters (lactones) is 1. The zero-order chi connectivity index (χ0) is 37.2. The molecule has 3 heterocycles. The Balaban J connectivity index is 1.51. The average molecular weight is 718 g/mol. The number of aromatic nitrogens is 2. The molecule has 2 aromatic heterocycles. The number of carbonyl (C=O) groups is 3. The molecule has 52 heavy (non-hydrogen) atoms. The number of esters is 1. The fourth-order valence-electron chi connectivity index (χ4n) is 6.14. The first-order chi connectivity index (χ1) is 25.1. The molecule has 0 spiro atoms. The van der Waals surface area contributed by atoms with Gasteiger partial charge in [0.2, 0.25) is 23.4 Å². The van der Waals surface area contributed by atoms with Crippen LogP contribution in [0.15, 0.2) is 51.6 Å². The van der Waals surface area contributed by atoms with Crippen LogP contribution < -0.4 is 19.5 Å². The highest BCUT2D eigenvalue weighted by Gasteiger charge is 2.32. The van der Waals surface area contributed by atoms with Crippen molar-refractivity contribution in [1.82, 2.24) is 15.5 Å². The molecule has 0 saturated carbocycles. The van der Waals surface area contributed by atoms with E-state index >= 15 is 0 Å². The number of allylic oxidation sites excluding steroid dienone is 1. The van der Waals surface area contributed by atoms with Crippen LogP contribution in [0.3, 0.4) is 0 Å². The van der Waals surface area contributed by atoms with E-state index < -0.39 is 29.6 Å². The van der Waals surface area contributed by atoms with Gasteiger partial charge in [0, 0.05) is 43.7 Å². The predicted octanol–water partition coefficient (Wildman–Crippen LogP) is 6.13. The number of aromatic hydroxyl groups is 2. The molecule has 1 amide bonds. The highest BCUT2D eigenvalue weighted by molar-refractivity contribution is 5.98. The number of rotatable bonds is 11. The quantitative estimate of drug-likeness (QED) is 0.150. The second-order valence-electron chi connectivity index (χ2n) is 12.4. The zero-order valence-corrected chi connectivity index (χ0v) is 29.6. The summed E-state index contributed by atoms with van der Waals surface area (Å²) in [6.07, 6.45) is 7.26. The molecule has 0 fully saturated rings. The third-order valence-electron chi connectivity index (χ3n) is 8.75. The van der Waals surface area contributed by atoms with Crippen LogP contribution >= 0.6 is 0 Å². The van der Waals surface area contributed by atoms with E-state index in [1.807, 2.05) is 0 Å². The number of hydrogen-bond donors (Lipinski definition) is 3. The van der Waals surface area contributed by atoms with Crippen molar-refractivity contribution in [3.63, 3.8) is 0 Å². The van der Waals surface area contributed by atoms with E-state index in [0.717, 1.165) is 0 Å². The van der Waals surface area contributed by atoms with Gasteiger partial charge in [-0.15, -0.1) is 0 Å². The van der Waals surface area contributed by atoms with Gasteiger partial charge in [0.05, 0.1) is 33.7 Å². The number of methoxy groups -OCH3 is 3. The molecule has 2 aromatic carbocycles. The van der Waals surface area contributed by atoms with Crippen LogP contribution in [-0.2, 0) is 20.7 Å². The lowest BCUT2D eigenvalue weighted by Crippen LogP contribution is -2.27. The number of nitrogens with zero attached hydrogens (tertiary/aromatic N) is 2. The van der Waals surface area contributed by atoms with Gasteiger partial charge in [-0.05, 0) is 74.1 Å². The van der Waals surface area contributed by atoms with Gasteiger partial charge in [-0.1, -0.05) is 17.3 Å². The van der Waals surface area contributed by atoms with E-state index in [-0.39, 0.29) is 70.8 Å². The molecule has 3 N–H and O–H groups in total. The summed E-state index contributed by atoms with van der Waals surface area (Å²) in [6.45, 7) is 1.85. The van der Waals surface area contributed by atoms with E-state index in [4.69, 9.17) is 27.9 Å². The number of carbonyl (C=O) groups excluding carboxylic acids is 3. The number of benzene rings is 2. The second-order valence-corrected chi connectivity index (χ2v) is 12.4. The van der Waals surface area contributed by atoms with Crippen molar-refractivity contribution in [2.75, 3.05) is 27.9 Å². The molecule has 1 aliphatic rings. The van der Waals surface area contributed by atoms with Crippen molar-refractivity contribution in [3.05, 3.63) is 70.8 Å². The maximum absolute atomic E-state index is 13.7. The number of furan rings is 1. The molecule has 276 valence electrons. The number of hydrogen-bond acceptors (Lipinski definition) is 13. The molecule has 14 nitrogen and oxygen atoms in total. The summed E-state index contributed by atoms with van der Waals surface area (Å²) in [5, 5.41) is 30.2. The lowest BCUT2D eigenvalue weighted by atomic mass is 9.84. The molecule has 5 rings (SSSR count). The first-order valence-electron chi connectivity index (χ1n) is 17.0. The number of Topliss-reactive ketones (excluding diaryl/α,β-unsaturated/α-hetero) is 1. The number of fused-ring (bicyclic) bond motifs is 1. The number of ketones is 1. The Labute approximate surface area is 300 Å². The highest BCUT2D eigenvalue weighted by atomic mass is 16.5. The summed E-state index contributed by atoms with van der Waals surface area (Å²) in [5.74, 6) is -1.18. The van der Waals surface area contributed by atoms with Gasteiger partial charge >= 0.3 is 5.97 Å². The van der Waals surface area contributed by atoms with Crippen LogP contribution in [0.5, 0.6) is 28.7 Å². The molecule has 2 atom stereocenters. The fraction of sp³-hybridized carbons (Fsp3) is 0.395. The SMILES string of the molecule is COc1cc(C(CC(=O)NCCc2nc(-c3ccco3)no2)c2c(O)cc3c(c2O)C(=O)O[C@@H](C)CCCC(=O)CCCC=C3)cc(OC)c1OC. The number of amides is 1. The summed E-state index contributed by atoms with van der Waals surface area (Å²) in [4.78, 5) is 43.8.